The van der Waals surface area contributed by atoms with Crippen LogP contribution in [0.4, 0.5) is 0 Å². The third kappa shape index (κ3) is 2.98. The van der Waals surface area contributed by atoms with E-state index in [0.29, 0.717) is 31.9 Å². The average Bonchev–Trinajstić information content (AvgIpc) is 2.85. The zero-order valence-corrected chi connectivity index (χ0v) is 12.7. The van der Waals surface area contributed by atoms with Crippen molar-refractivity contribution < 1.29 is 14.6 Å². The molecule has 1 aromatic heterocycles. The number of ether oxygens (including phenoxy) is 1. The lowest BCUT2D eigenvalue weighted by Gasteiger charge is -2.31. The molecule has 1 aliphatic heterocycles. The largest absolute Gasteiger partial charge is 0.387 e. The van der Waals surface area contributed by atoms with Crippen molar-refractivity contribution in [1.29, 1.82) is 0 Å². The molecule has 3 rings (SSSR count). The highest BCUT2D eigenvalue weighted by atomic mass is 16.5. The van der Waals surface area contributed by atoms with E-state index in [1.807, 2.05) is 31.3 Å². The number of rotatable bonds is 4. The van der Waals surface area contributed by atoms with Crippen molar-refractivity contribution in [2.24, 2.45) is 7.05 Å². The minimum Gasteiger partial charge on any atom is -0.387 e. The zero-order valence-electron chi connectivity index (χ0n) is 12.7. The van der Waals surface area contributed by atoms with Crippen molar-refractivity contribution >= 4 is 16.8 Å². The molecule has 1 fully saturated rings. The van der Waals surface area contributed by atoms with Crippen molar-refractivity contribution in [3.8, 4) is 0 Å². The van der Waals surface area contributed by atoms with Gasteiger partial charge in [-0.05, 0) is 25.3 Å². The van der Waals surface area contributed by atoms with Gasteiger partial charge in [-0.15, -0.1) is 0 Å². The fourth-order valence-corrected chi connectivity index (χ4v) is 2.91. The second kappa shape index (κ2) is 6.06. The zero-order chi connectivity index (χ0) is 15.6. The van der Waals surface area contributed by atoms with E-state index in [0.717, 1.165) is 23.7 Å². The molecule has 1 aromatic carbocycles. The highest BCUT2D eigenvalue weighted by Crippen LogP contribution is 2.22. The van der Waals surface area contributed by atoms with E-state index < -0.39 is 5.60 Å². The van der Waals surface area contributed by atoms with Crippen molar-refractivity contribution in [3.05, 3.63) is 30.0 Å². The summed E-state index contributed by atoms with van der Waals surface area (Å²) in [6.45, 7) is 1.45. The van der Waals surface area contributed by atoms with Crippen LogP contribution in [-0.2, 0) is 11.8 Å². The number of benzene rings is 1. The van der Waals surface area contributed by atoms with Gasteiger partial charge < -0.3 is 15.2 Å². The molecular weight excluding hydrogens is 282 g/mol. The molecule has 1 unspecified atom stereocenters. The van der Waals surface area contributed by atoms with Crippen LogP contribution in [0.1, 0.15) is 29.8 Å². The monoisotopic (exact) mass is 303 g/mol. The molecule has 0 aliphatic carbocycles. The van der Waals surface area contributed by atoms with Gasteiger partial charge in [0.25, 0.3) is 5.91 Å². The Bertz CT molecular complexity index is 674. The van der Waals surface area contributed by atoms with E-state index in [1.165, 1.54) is 0 Å². The number of nitrogens with one attached hydrogen (secondary N) is 1. The lowest BCUT2D eigenvalue weighted by molar-refractivity contribution is -0.0887. The molecule has 0 bridgehead atoms. The van der Waals surface area contributed by atoms with Gasteiger partial charge in [0.05, 0.1) is 17.7 Å². The number of aromatic nitrogens is 2. The van der Waals surface area contributed by atoms with Crippen LogP contribution in [0.25, 0.3) is 10.9 Å². The van der Waals surface area contributed by atoms with E-state index >= 15 is 0 Å². The fraction of sp³-hybridized carbons (Fsp3) is 0.500. The molecule has 0 radical (unpaired) electrons. The maximum absolute atomic E-state index is 12.3. The fourth-order valence-electron chi connectivity index (χ4n) is 2.91. The predicted octanol–water partition coefficient (Wildman–Crippen LogP) is 1.23. The first-order chi connectivity index (χ1) is 10.6. The maximum atomic E-state index is 12.3. The van der Waals surface area contributed by atoms with Gasteiger partial charge in [0.1, 0.15) is 0 Å². The first-order valence-corrected chi connectivity index (χ1v) is 7.59. The number of carbonyl (C=O) groups is 1. The van der Waals surface area contributed by atoms with Gasteiger partial charge in [0.2, 0.25) is 0 Å². The van der Waals surface area contributed by atoms with Crippen molar-refractivity contribution in [3.63, 3.8) is 0 Å². The SMILES string of the molecule is Cn1nc(C(=O)NCCC2(O)CCCOC2)c2ccccc21. The van der Waals surface area contributed by atoms with Crippen molar-refractivity contribution in [2.45, 2.75) is 24.9 Å². The quantitative estimate of drug-likeness (QED) is 0.891. The number of fused-ring (bicyclic) bond motifs is 1. The second-order valence-corrected chi connectivity index (χ2v) is 5.88. The molecule has 1 aliphatic rings. The average molecular weight is 303 g/mol. The highest BCUT2D eigenvalue weighted by Gasteiger charge is 2.29. The summed E-state index contributed by atoms with van der Waals surface area (Å²) < 4.78 is 7.01. The van der Waals surface area contributed by atoms with Gasteiger partial charge in [-0.1, -0.05) is 18.2 Å². The maximum Gasteiger partial charge on any atom is 0.272 e. The standard InChI is InChI=1S/C16H21N3O3/c1-19-13-6-3-2-5-12(13)14(18-19)15(20)17-9-8-16(21)7-4-10-22-11-16/h2-3,5-6,21H,4,7-11H2,1H3,(H,17,20). The summed E-state index contributed by atoms with van der Waals surface area (Å²) in [5, 5.41) is 18.3. The summed E-state index contributed by atoms with van der Waals surface area (Å²) >= 11 is 0. The molecular formula is C16H21N3O3. The first kappa shape index (κ1) is 15.0. The van der Waals surface area contributed by atoms with E-state index in [-0.39, 0.29) is 5.91 Å². The molecule has 118 valence electrons. The van der Waals surface area contributed by atoms with Gasteiger partial charge in [-0.2, -0.15) is 5.10 Å². The van der Waals surface area contributed by atoms with Crippen LogP contribution in [0, 0.1) is 0 Å². The Morgan fingerprint density at radius 3 is 3.09 bits per heavy atom. The Morgan fingerprint density at radius 1 is 1.50 bits per heavy atom. The number of hydrogen-bond donors (Lipinski definition) is 2. The molecule has 2 aromatic rings. The summed E-state index contributed by atoms with van der Waals surface area (Å²) in [4.78, 5) is 12.3. The van der Waals surface area contributed by atoms with Crippen molar-refractivity contribution in [2.75, 3.05) is 19.8 Å². The van der Waals surface area contributed by atoms with E-state index in [9.17, 15) is 9.90 Å². The van der Waals surface area contributed by atoms with Gasteiger partial charge in [-0.25, -0.2) is 0 Å². The van der Waals surface area contributed by atoms with E-state index in [1.54, 1.807) is 4.68 Å². The van der Waals surface area contributed by atoms with E-state index in [2.05, 4.69) is 10.4 Å². The lowest BCUT2D eigenvalue weighted by atomic mass is 9.93. The molecule has 22 heavy (non-hydrogen) atoms. The number of aliphatic hydroxyl groups is 1. The Kier molecular flexibility index (Phi) is 4.13. The van der Waals surface area contributed by atoms with Gasteiger partial charge in [0, 0.05) is 25.6 Å². The van der Waals surface area contributed by atoms with E-state index in [4.69, 9.17) is 4.74 Å². The molecule has 0 saturated carbocycles. The smallest absolute Gasteiger partial charge is 0.272 e. The van der Waals surface area contributed by atoms with Gasteiger partial charge in [0.15, 0.2) is 5.69 Å². The molecule has 2 heterocycles. The van der Waals surface area contributed by atoms with Crippen LogP contribution < -0.4 is 5.32 Å². The third-order valence-electron chi connectivity index (χ3n) is 4.15. The molecule has 1 amide bonds. The number of para-hydroxylation sites is 1. The van der Waals surface area contributed by atoms with Crippen LogP contribution in [0.15, 0.2) is 24.3 Å². The van der Waals surface area contributed by atoms with Crippen LogP contribution in [0.5, 0.6) is 0 Å². The number of carbonyl (C=O) groups excluding carboxylic acids is 1. The van der Waals surface area contributed by atoms with Gasteiger partial charge >= 0.3 is 0 Å². The Morgan fingerprint density at radius 2 is 2.32 bits per heavy atom. The Hall–Kier alpha value is -1.92. The van der Waals surface area contributed by atoms with Crippen molar-refractivity contribution in [1.82, 2.24) is 15.1 Å². The predicted molar refractivity (Wildman–Crippen MR) is 82.7 cm³/mol. The molecule has 2 N–H and O–H groups in total. The van der Waals surface area contributed by atoms with Crippen LogP contribution >= 0.6 is 0 Å². The molecule has 1 atom stereocenters. The van der Waals surface area contributed by atoms with Crippen LogP contribution in [0.2, 0.25) is 0 Å². The summed E-state index contributed by atoms with van der Waals surface area (Å²) in [5.41, 5.74) is 0.523. The summed E-state index contributed by atoms with van der Waals surface area (Å²) in [7, 11) is 1.82. The lowest BCUT2D eigenvalue weighted by Crippen LogP contribution is -2.41. The Balaban J connectivity index is 1.64. The first-order valence-electron chi connectivity index (χ1n) is 7.59. The molecule has 6 nitrogen and oxygen atoms in total. The van der Waals surface area contributed by atoms with Crippen LogP contribution in [-0.4, -0.2) is 46.2 Å². The molecule has 0 spiro atoms. The molecule has 1 saturated heterocycles. The topological polar surface area (TPSA) is 76.4 Å². The minimum absolute atomic E-state index is 0.211. The van der Waals surface area contributed by atoms with Gasteiger partial charge in [-0.3, -0.25) is 9.48 Å². The number of nitrogens with zero attached hydrogens (tertiary/aromatic N) is 2. The molecule has 6 heteroatoms. The third-order valence-corrected chi connectivity index (χ3v) is 4.15. The summed E-state index contributed by atoms with van der Waals surface area (Å²) in [6.07, 6.45) is 2.06. The summed E-state index contributed by atoms with van der Waals surface area (Å²) in [6, 6.07) is 7.63. The minimum atomic E-state index is -0.822. The number of aryl methyl sites for hydroxylation is 1. The Labute approximate surface area is 129 Å². The van der Waals surface area contributed by atoms with Crippen LogP contribution in [0.3, 0.4) is 0 Å². The number of hydrogen-bond acceptors (Lipinski definition) is 4. The second-order valence-electron chi connectivity index (χ2n) is 5.88. The summed E-state index contributed by atoms with van der Waals surface area (Å²) in [5.74, 6) is -0.211. The highest BCUT2D eigenvalue weighted by molar-refractivity contribution is 6.04. The number of amides is 1. The normalized spacial score (nSPS) is 21.9.